The average molecular weight is 355 g/mol. The van der Waals surface area contributed by atoms with Crippen molar-refractivity contribution in [2.75, 3.05) is 13.1 Å². The van der Waals surface area contributed by atoms with E-state index in [1.807, 2.05) is 6.07 Å². The van der Waals surface area contributed by atoms with E-state index in [2.05, 4.69) is 15.0 Å². The highest BCUT2D eigenvalue weighted by atomic mass is 16.1. The van der Waals surface area contributed by atoms with Gasteiger partial charge in [0, 0.05) is 43.9 Å². The van der Waals surface area contributed by atoms with E-state index in [9.17, 15) is 9.59 Å². The topological polar surface area (TPSA) is 73.0 Å². The number of likely N-dealkylation sites (tertiary alicyclic amines) is 1. The molecule has 2 aromatic heterocycles. The summed E-state index contributed by atoms with van der Waals surface area (Å²) in [4.78, 5) is 30.6. The number of aryl methyl sites for hydroxylation is 1. The Balaban J connectivity index is 1.35. The summed E-state index contributed by atoms with van der Waals surface area (Å²) >= 11 is 0. The van der Waals surface area contributed by atoms with Crippen LogP contribution < -0.4 is 11.1 Å². The van der Waals surface area contributed by atoms with E-state index in [1.165, 1.54) is 17.4 Å². The third-order valence-electron chi connectivity index (χ3n) is 5.48. The molecular weight excluding hydrogens is 330 g/mol. The van der Waals surface area contributed by atoms with Gasteiger partial charge in [-0.25, -0.2) is 9.67 Å². The lowest BCUT2D eigenvalue weighted by Gasteiger charge is -2.31. The highest BCUT2D eigenvalue weighted by molar-refractivity contribution is 5.12. The predicted octanol–water partition coefficient (Wildman–Crippen LogP) is 1.13. The van der Waals surface area contributed by atoms with Crippen molar-refractivity contribution in [2.24, 2.45) is 13.0 Å². The highest BCUT2D eigenvalue weighted by Crippen LogP contribution is 2.38. The molecule has 0 radical (unpaired) electrons. The Morgan fingerprint density at radius 3 is 2.62 bits per heavy atom. The molecule has 7 nitrogen and oxygen atoms in total. The Kier molecular flexibility index (Phi) is 4.72. The van der Waals surface area contributed by atoms with Crippen molar-refractivity contribution in [3.63, 3.8) is 0 Å². The highest BCUT2D eigenvalue weighted by Gasteiger charge is 2.26. The van der Waals surface area contributed by atoms with E-state index in [0.29, 0.717) is 24.9 Å². The lowest BCUT2D eigenvalue weighted by molar-refractivity contribution is 0.162. The minimum atomic E-state index is -0.00399. The maximum Gasteiger partial charge on any atom is 0.266 e. The van der Waals surface area contributed by atoms with Gasteiger partial charge in [0.2, 0.25) is 0 Å². The van der Waals surface area contributed by atoms with Crippen LogP contribution in [0.3, 0.4) is 0 Å². The van der Waals surface area contributed by atoms with E-state index in [1.54, 1.807) is 30.3 Å². The molecule has 2 fully saturated rings. The molecule has 0 atom stereocenters. The molecule has 4 rings (SSSR count). The first kappa shape index (κ1) is 17.1. The van der Waals surface area contributed by atoms with Crippen molar-refractivity contribution in [1.29, 1.82) is 0 Å². The number of nitrogens with zero attached hydrogens (tertiary/aromatic N) is 5. The number of rotatable bonds is 5. The molecule has 0 amide bonds. The average Bonchev–Trinajstić information content (AvgIpc) is 3.48. The largest absolute Gasteiger partial charge is 0.302 e. The van der Waals surface area contributed by atoms with Gasteiger partial charge in [-0.05, 0) is 50.8 Å². The predicted molar refractivity (Wildman–Crippen MR) is 98.0 cm³/mol. The maximum absolute atomic E-state index is 12.1. The molecule has 0 bridgehead atoms. The molecule has 2 aliphatic rings. The normalized spacial score (nSPS) is 19.0. The maximum atomic E-state index is 12.1. The van der Waals surface area contributed by atoms with Crippen LogP contribution in [0.4, 0.5) is 0 Å². The van der Waals surface area contributed by atoms with Gasteiger partial charge in [-0.2, -0.15) is 5.10 Å². The molecule has 0 aromatic carbocycles. The Bertz CT molecular complexity index is 891. The van der Waals surface area contributed by atoms with Crippen molar-refractivity contribution >= 4 is 0 Å². The molecule has 1 aliphatic carbocycles. The van der Waals surface area contributed by atoms with E-state index in [4.69, 9.17) is 0 Å². The Labute approximate surface area is 152 Å². The van der Waals surface area contributed by atoms with Crippen LogP contribution in [0.1, 0.15) is 42.9 Å². The van der Waals surface area contributed by atoms with E-state index in [-0.39, 0.29) is 11.1 Å². The molecule has 0 N–H and O–H groups in total. The second-order valence-corrected chi connectivity index (χ2v) is 7.61. The second-order valence-electron chi connectivity index (χ2n) is 7.61. The van der Waals surface area contributed by atoms with E-state index < -0.39 is 0 Å². The Morgan fingerprint density at radius 1 is 1.12 bits per heavy atom. The van der Waals surface area contributed by atoms with E-state index >= 15 is 0 Å². The van der Waals surface area contributed by atoms with Crippen LogP contribution in [0.2, 0.25) is 0 Å². The first-order chi connectivity index (χ1) is 12.6. The number of piperidine rings is 1. The molecule has 138 valence electrons. The van der Waals surface area contributed by atoms with Crippen LogP contribution in [0.5, 0.6) is 0 Å². The molecule has 2 aromatic rings. The summed E-state index contributed by atoms with van der Waals surface area (Å²) in [6.07, 6.45) is 7.62. The molecule has 0 unspecified atom stereocenters. The summed E-state index contributed by atoms with van der Waals surface area (Å²) in [7, 11) is 1.73. The molecule has 0 spiro atoms. The SMILES string of the molecule is Cn1cncc(CN2CCC(Cn3nc(C4CC4)ccc3=O)CC2)c1=O. The Morgan fingerprint density at radius 2 is 1.88 bits per heavy atom. The molecule has 1 saturated carbocycles. The molecule has 26 heavy (non-hydrogen) atoms. The van der Waals surface area contributed by atoms with Gasteiger partial charge in [-0.1, -0.05) is 0 Å². The summed E-state index contributed by atoms with van der Waals surface area (Å²) in [6.45, 7) is 3.20. The number of hydrogen-bond acceptors (Lipinski definition) is 5. The number of hydrogen-bond donors (Lipinski definition) is 0. The number of aromatic nitrogens is 4. The zero-order valence-electron chi connectivity index (χ0n) is 15.2. The lowest BCUT2D eigenvalue weighted by atomic mass is 9.96. The first-order valence-corrected chi connectivity index (χ1v) is 9.40. The van der Waals surface area contributed by atoms with Crippen LogP contribution in [-0.4, -0.2) is 37.3 Å². The second kappa shape index (κ2) is 7.15. The zero-order valence-corrected chi connectivity index (χ0v) is 15.2. The van der Waals surface area contributed by atoms with Crippen molar-refractivity contribution in [3.8, 4) is 0 Å². The van der Waals surface area contributed by atoms with Gasteiger partial charge in [0.1, 0.15) is 0 Å². The van der Waals surface area contributed by atoms with Crippen LogP contribution in [0, 0.1) is 5.92 Å². The van der Waals surface area contributed by atoms with Crippen molar-refractivity contribution in [3.05, 3.63) is 56.6 Å². The van der Waals surface area contributed by atoms with Crippen LogP contribution in [0.25, 0.3) is 0 Å². The zero-order chi connectivity index (χ0) is 18.1. The fourth-order valence-electron chi connectivity index (χ4n) is 3.67. The van der Waals surface area contributed by atoms with Gasteiger partial charge in [0.05, 0.1) is 12.0 Å². The monoisotopic (exact) mass is 355 g/mol. The molecule has 7 heteroatoms. The van der Waals surface area contributed by atoms with Crippen molar-refractivity contribution < 1.29 is 0 Å². The smallest absolute Gasteiger partial charge is 0.266 e. The summed E-state index contributed by atoms with van der Waals surface area (Å²) < 4.78 is 3.18. The molecule has 3 heterocycles. The fraction of sp³-hybridized carbons (Fsp3) is 0.579. The van der Waals surface area contributed by atoms with Crippen LogP contribution in [-0.2, 0) is 20.1 Å². The summed E-state index contributed by atoms with van der Waals surface area (Å²) in [5.41, 5.74) is 1.82. The van der Waals surface area contributed by atoms with E-state index in [0.717, 1.165) is 37.2 Å². The molecular formula is C19H25N5O2. The van der Waals surface area contributed by atoms with Gasteiger partial charge in [-0.3, -0.25) is 14.5 Å². The quantitative estimate of drug-likeness (QED) is 0.804. The minimum Gasteiger partial charge on any atom is -0.302 e. The van der Waals surface area contributed by atoms with Gasteiger partial charge in [-0.15, -0.1) is 0 Å². The standard InChI is InChI=1S/C19H25N5O2/c1-22-13-20-10-16(19(22)26)12-23-8-6-14(7-9-23)11-24-18(25)5-4-17(21-24)15-2-3-15/h4-5,10,13-15H,2-3,6-9,11-12H2,1H3. The van der Waals surface area contributed by atoms with Gasteiger partial charge < -0.3 is 4.57 Å². The summed E-state index contributed by atoms with van der Waals surface area (Å²) in [6, 6.07) is 3.54. The van der Waals surface area contributed by atoms with Crippen LogP contribution in [0.15, 0.2) is 34.2 Å². The van der Waals surface area contributed by atoms with Gasteiger partial charge >= 0.3 is 0 Å². The van der Waals surface area contributed by atoms with Crippen LogP contribution >= 0.6 is 0 Å². The summed E-state index contributed by atoms with van der Waals surface area (Å²) in [5.74, 6) is 1.02. The molecule has 1 aliphatic heterocycles. The van der Waals surface area contributed by atoms with Crippen molar-refractivity contribution in [1.82, 2.24) is 24.2 Å². The summed E-state index contributed by atoms with van der Waals surface area (Å²) in [5, 5.41) is 4.57. The third kappa shape index (κ3) is 3.77. The lowest BCUT2D eigenvalue weighted by Crippen LogP contribution is -2.38. The fourth-order valence-corrected chi connectivity index (χ4v) is 3.67. The van der Waals surface area contributed by atoms with Gasteiger partial charge in [0.25, 0.3) is 11.1 Å². The third-order valence-corrected chi connectivity index (χ3v) is 5.48. The van der Waals surface area contributed by atoms with Crippen molar-refractivity contribution in [2.45, 2.75) is 44.7 Å². The first-order valence-electron chi connectivity index (χ1n) is 9.40. The van der Waals surface area contributed by atoms with Gasteiger partial charge in [0.15, 0.2) is 0 Å². The Hall–Kier alpha value is -2.28. The minimum absolute atomic E-state index is 0.00399. The molecule has 1 saturated heterocycles.